The Balaban J connectivity index is 2.97. The van der Waals surface area contributed by atoms with Crippen LogP contribution in [0, 0.1) is 0 Å². The summed E-state index contributed by atoms with van der Waals surface area (Å²) in [5.74, 6) is 0. The van der Waals surface area contributed by atoms with Crippen LogP contribution in [0.1, 0.15) is 161 Å². The van der Waals surface area contributed by atoms with Crippen molar-refractivity contribution in [3.05, 3.63) is 0 Å². The smallest absolute Gasteiger partial charge is 0.00773 e. The van der Waals surface area contributed by atoms with Crippen molar-refractivity contribution in [1.82, 2.24) is 0 Å². The Labute approximate surface area is 185 Å². The third-order valence-electron chi connectivity index (χ3n) is 6.41. The van der Waals surface area contributed by atoms with Crippen molar-refractivity contribution < 1.29 is 0 Å². The largest absolute Gasteiger partial charge is 0.330 e. The Hall–Kier alpha value is -0.0800. The van der Waals surface area contributed by atoms with E-state index in [0.29, 0.717) is 0 Å². The van der Waals surface area contributed by atoms with Crippen molar-refractivity contribution in [2.24, 2.45) is 11.5 Å². The van der Waals surface area contributed by atoms with Crippen molar-refractivity contribution in [3.8, 4) is 0 Å². The van der Waals surface area contributed by atoms with Gasteiger partial charge in [-0.15, -0.1) is 0 Å². The molecule has 29 heavy (non-hydrogen) atoms. The minimum Gasteiger partial charge on any atom is -0.330 e. The molecule has 0 aromatic rings. The molecule has 2 nitrogen and oxygen atoms in total. The van der Waals surface area contributed by atoms with Crippen LogP contribution in [-0.4, -0.2) is 13.1 Å². The molecule has 0 saturated heterocycles. The second kappa shape index (κ2) is 27.9. The molecule has 0 amide bonds. The lowest BCUT2D eigenvalue weighted by atomic mass is 10.0. The molecule has 0 aliphatic carbocycles. The number of nitrogens with two attached hydrogens (primary N) is 2. The van der Waals surface area contributed by atoms with Crippen molar-refractivity contribution in [1.29, 1.82) is 0 Å². The van der Waals surface area contributed by atoms with E-state index < -0.39 is 0 Å². The SMILES string of the molecule is NCCCCCCCCCCCCCCCCCCCCCCCCCCCN. The molecule has 0 aromatic carbocycles. The quantitative estimate of drug-likeness (QED) is 0.140. The average molecular weight is 411 g/mol. The monoisotopic (exact) mass is 410 g/mol. The van der Waals surface area contributed by atoms with Crippen LogP contribution in [0.4, 0.5) is 0 Å². The molecular formula is C27H58N2. The zero-order valence-corrected chi connectivity index (χ0v) is 20.2. The Morgan fingerprint density at radius 2 is 0.276 bits per heavy atom. The van der Waals surface area contributed by atoms with E-state index in [1.807, 2.05) is 0 Å². The predicted molar refractivity (Wildman–Crippen MR) is 134 cm³/mol. The van der Waals surface area contributed by atoms with Gasteiger partial charge in [0.25, 0.3) is 0 Å². The third-order valence-corrected chi connectivity index (χ3v) is 6.41. The summed E-state index contributed by atoms with van der Waals surface area (Å²) in [5.41, 5.74) is 11.0. The molecule has 0 spiro atoms. The molecule has 0 heterocycles. The van der Waals surface area contributed by atoms with Gasteiger partial charge < -0.3 is 11.5 Å². The average Bonchev–Trinajstić information content (AvgIpc) is 2.74. The summed E-state index contributed by atoms with van der Waals surface area (Å²) in [6.45, 7) is 1.74. The Kier molecular flexibility index (Phi) is 27.8. The molecule has 0 aromatic heterocycles. The maximum atomic E-state index is 5.52. The van der Waals surface area contributed by atoms with E-state index in [0.717, 1.165) is 13.1 Å². The molecule has 0 fully saturated rings. The van der Waals surface area contributed by atoms with Gasteiger partial charge in [0, 0.05) is 0 Å². The van der Waals surface area contributed by atoms with E-state index in [9.17, 15) is 0 Å². The van der Waals surface area contributed by atoms with Gasteiger partial charge in [0.2, 0.25) is 0 Å². The van der Waals surface area contributed by atoms with E-state index >= 15 is 0 Å². The normalized spacial score (nSPS) is 11.4. The highest BCUT2D eigenvalue weighted by molar-refractivity contribution is 4.52. The summed E-state index contributed by atoms with van der Waals surface area (Å²) < 4.78 is 0. The molecule has 0 aliphatic heterocycles. The fourth-order valence-electron chi connectivity index (χ4n) is 4.35. The fraction of sp³-hybridized carbons (Fsp3) is 1.00. The van der Waals surface area contributed by atoms with Crippen molar-refractivity contribution in [2.75, 3.05) is 13.1 Å². The van der Waals surface area contributed by atoms with E-state index in [-0.39, 0.29) is 0 Å². The summed E-state index contributed by atoms with van der Waals surface area (Å²) in [6, 6.07) is 0. The van der Waals surface area contributed by atoms with Crippen molar-refractivity contribution in [2.45, 2.75) is 161 Å². The van der Waals surface area contributed by atoms with Crippen LogP contribution in [0.15, 0.2) is 0 Å². The molecule has 0 rings (SSSR count). The van der Waals surface area contributed by atoms with Crippen LogP contribution < -0.4 is 11.5 Å². The van der Waals surface area contributed by atoms with Gasteiger partial charge in [-0.2, -0.15) is 0 Å². The zero-order valence-electron chi connectivity index (χ0n) is 20.2. The van der Waals surface area contributed by atoms with Crippen molar-refractivity contribution >= 4 is 0 Å². The summed E-state index contributed by atoms with van der Waals surface area (Å²) >= 11 is 0. The number of hydrogen-bond donors (Lipinski definition) is 2. The van der Waals surface area contributed by atoms with Crippen molar-refractivity contribution in [3.63, 3.8) is 0 Å². The van der Waals surface area contributed by atoms with E-state index in [4.69, 9.17) is 11.5 Å². The topological polar surface area (TPSA) is 52.0 Å². The van der Waals surface area contributed by atoms with Crippen LogP contribution in [0.2, 0.25) is 0 Å². The van der Waals surface area contributed by atoms with E-state index in [1.54, 1.807) is 0 Å². The molecule has 4 N–H and O–H groups in total. The third kappa shape index (κ3) is 27.9. The Bertz CT molecular complexity index is 241. The second-order valence-electron chi connectivity index (χ2n) is 9.42. The lowest BCUT2D eigenvalue weighted by Crippen LogP contribution is -1.97. The zero-order chi connectivity index (χ0) is 21.1. The van der Waals surface area contributed by atoms with Gasteiger partial charge in [-0.1, -0.05) is 148 Å². The maximum Gasteiger partial charge on any atom is -0.00773 e. The van der Waals surface area contributed by atoms with Gasteiger partial charge in [-0.3, -0.25) is 0 Å². The Morgan fingerprint density at radius 1 is 0.172 bits per heavy atom. The molecule has 0 bridgehead atoms. The van der Waals surface area contributed by atoms with Crippen LogP contribution in [0.25, 0.3) is 0 Å². The summed E-state index contributed by atoms with van der Waals surface area (Å²) in [6.07, 6.45) is 35.7. The van der Waals surface area contributed by atoms with Gasteiger partial charge in [0.15, 0.2) is 0 Å². The summed E-state index contributed by atoms with van der Waals surface area (Å²) in [4.78, 5) is 0. The van der Waals surface area contributed by atoms with Crippen LogP contribution in [-0.2, 0) is 0 Å². The van der Waals surface area contributed by atoms with Crippen LogP contribution in [0.5, 0.6) is 0 Å². The molecule has 0 saturated carbocycles. The molecule has 0 aliphatic rings. The highest BCUT2D eigenvalue weighted by atomic mass is 14.5. The van der Waals surface area contributed by atoms with Crippen LogP contribution in [0.3, 0.4) is 0 Å². The molecule has 0 radical (unpaired) electrons. The molecule has 2 heteroatoms. The van der Waals surface area contributed by atoms with Gasteiger partial charge in [0.1, 0.15) is 0 Å². The van der Waals surface area contributed by atoms with Gasteiger partial charge in [0.05, 0.1) is 0 Å². The van der Waals surface area contributed by atoms with Gasteiger partial charge in [-0.05, 0) is 25.9 Å². The van der Waals surface area contributed by atoms with Gasteiger partial charge >= 0.3 is 0 Å². The summed E-state index contributed by atoms with van der Waals surface area (Å²) in [5, 5.41) is 0. The number of rotatable bonds is 26. The molecule has 0 unspecified atom stereocenters. The van der Waals surface area contributed by atoms with E-state index in [1.165, 1.54) is 161 Å². The maximum absolute atomic E-state index is 5.52. The Morgan fingerprint density at radius 3 is 0.379 bits per heavy atom. The fourth-order valence-corrected chi connectivity index (χ4v) is 4.35. The predicted octanol–water partition coefficient (Wildman–Crippen LogP) is 8.66. The number of unbranched alkanes of at least 4 members (excludes halogenated alkanes) is 24. The minimum absolute atomic E-state index is 0.872. The first kappa shape index (κ1) is 28.9. The standard InChI is InChI=1S/C27H58N2/c28-26-24-22-20-18-16-14-12-10-8-6-4-2-1-3-5-7-9-11-13-15-17-19-21-23-25-27-29/h1-29H2. The second-order valence-corrected chi connectivity index (χ2v) is 9.42. The first-order valence-electron chi connectivity index (χ1n) is 13.8. The lowest BCUT2D eigenvalue weighted by Gasteiger charge is -2.04. The minimum atomic E-state index is 0.872. The molecular weight excluding hydrogens is 352 g/mol. The molecule has 0 atom stereocenters. The van der Waals surface area contributed by atoms with Gasteiger partial charge in [-0.25, -0.2) is 0 Å². The first-order valence-corrected chi connectivity index (χ1v) is 13.8. The van der Waals surface area contributed by atoms with E-state index in [2.05, 4.69) is 0 Å². The van der Waals surface area contributed by atoms with Crippen LogP contribution >= 0.6 is 0 Å². The highest BCUT2D eigenvalue weighted by Gasteiger charge is 1.96. The first-order chi connectivity index (χ1) is 14.4. The number of hydrogen-bond acceptors (Lipinski definition) is 2. The highest BCUT2D eigenvalue weighted by Crippen LogP contribution is 2.15. The summed E-state index contributed by atoms with van der Waals surface area (Å²) in [7, 11) is 0. The molecule has 176 valence electrons. The lowest BCUT2D eigenvalue weighted by molar-refractivity contribution is 0.516.